The molecule has 4 aromatic heterocycles. The zero-order valence-corrected chi connectivity index (χ0v) is 21.6. The molecule has 12 heteroatoms. The van der Waals surface area contributed by atoms with E-state index < -0.39 is 11.6 Å². The van der Waals surface area contributed by atoms with E-state index in [2.05, 4.69) is 25.2 Å². The van der Waals surface area contributed by atoms with Gasteiger partial charge >= 0.3 is 0 Å². The molecule has 40 heavy (non-hydrogen) atoms. The van der Waals surface area contributed by atoms with Crippen LogP contribution in [0.2, 0.25) is 0 Å². The highest BCUT2D eigenvalue weighted by Crippen LogP contribution is 2.37. The summed E-state index contributed by atoms with van der Waals surface area (Å²) in [6.07, 6.45) is 7.96. The molecule has 0 saturated carbocycles. The second kappa shape index (κ2) is 9.94. The largest absolute Gasteiger partial charge is 0.393 e. The Hall–Kier alpha value is -4.45. The first kappa shape index (κ1) is 24.6. The first-order valence-electron chi connectivity index (χ1n) is 13.4. The van der Waals surface area contributed by atoms with E-state index in [1.54, 1.807) is 23.1 Å². The van der Waals surface area contributed by atoms with Gasteiger partial charge in [-0.25, -0.2) is 28.2 Å². The number of H-pyrrole nitrogens is 1. The Balaban J connectivity index is 1.19. The highest BCUT2D eigenvalue weighted by molar-refractivity contribution is 5.74. The number of nitrogens with one attached hydrogen (secondary N) is 1. The Morgan fingerprint density at radius 2 is 1.82 bits per heavy atom. The molecule has 2 N–H and O–H groups in total. The molecule has 0 radical (unpaired) electrons. The van der Waals surface area contributed by atoms with E-state index in [1.807, 2.05) is 23.1 Å². The van der Waals surface area contributed by atoms with Gasteiger partial charge in [0.15, 0.2) is 17.3 Å². The fourth-order valence-corrected chi connectivity index (χ4v) is 5.66. The first-order chi connectivity index (χ1) is 19.5. The fourth-order valence-electron chi connectivity index (χ4n) is 5.66. The van der Waals surface area contributed by atoms with Crippen molar-refractivity contribution in [1.29, 1.82) is 0 Å². The number of aliphatic hydroxyl groups is 1. The summed E-state index contributed by atoms with van der Waals surface area (Å²) in [5.41, 5.74) is 2.41. The minimum absolute atomic E-state index is 0.256. The maximum absolute atomic E-state index is 14.6. The number of aromatic amines is 1. The Bertz CT molecular complexity index is 1680. The van der Waals surface area contributed by atoms with Crippen LogP contribution in [-0.4, -0.2) is 65.6 Å². The van der Waals surface area contributed by atoms with Gasteiger partial charge in [-0.1, -0.05) is 0 Å². The van der Waals surface area contributed by atoms with Gasteiger partial charge in [0.25, 0.3) is 0 Å². The van der Waals surface area contributed by atoms with E-state index >= 15 is 0 Å². The lowest BCUT2D eigenvalue weighted by Crippen LogP contribution is -2.36. The van der Waals surface area contributed by atoms with E-state index in [0.29, 0.717) is 47.2 Å². The summed E-state index contributed by atoms with van der Waals surface area (Å²) in [5.74, 6) is 1.65. The molecule has 7 rings (SSSR count). The monoisotopic (exact) mass is 543 g/mol. The van der Waals surface area contributed by atoms with Gasteiger partial charge in [-0.15, -0.1) is 0 Å². The summed E-state index contributed by atoms with van der Waals surface area (Å²) in [7, 11) is 0. The summed E-state index contributed by atoms with van der Waals surface area (Å²) in [4.78, 5) is 18.3. The Morgan fingerprint density at radius 1 is 0.950 bits per heavy atom. The number of fused-ring (bicyclic) bond motifs is 1. The molecule has 2 fully saturated rings. The summed E-state index contributed by atoms with van der Waals surface area (Å²) in [6, 6.07) is 8.93. The average molecular weight is 544 g/mol. The zero-order valence-electron chi connectivity index (χ0n) is 21.6. The van der Waals surface area contributed by atoms with Crippen LogP contribution in [0.25, 0.3) is 28.4 Å². The summed E-state index contributed by atoms with van der Waals surface area (Å²) >= 11 is 0. The van der Waals surface area contributed by atoms with Crippen LogP contribution < -0.4 is 9.80 Å². The molecule has 0 unspecified atom stereocenters. The molecular weight excluding hydrogens is 516 g/mol. The van der Waals surface area contributed by atoms with Gasteiger partial charge in [0.05, 0.1) is 23.9 Å². The van der Waals surface area contributed by atoms with E-state index in [9.17, 15) is 13.9 Å². The quantitative estimate of drug-likeness (QED) is 0.340. The summed E-state index contributed by atoms with van der Waals surface area (Å²) in [5, 5.41) is 21.7. The number of aromatic nitrogens is 7. The lowest BCUT2D eigenvalue weighted by atomic mass is 10.0. The average Bonchev–Trinajstić information content (AvgIpc) is 3.74. The number of piperidine rings is 1. The minimum atomic E-state index is -0.457. The van der Waals surface area contributed by atoms with Gasteiger partial charge in [0.1, 0.15) is 23.3 Å². The first-order valence-corrected chi connectivity index (χ1v) is 13.4. The third-order valence-electron chi connectivity index (χ3n) is 7.75. The van der Waals surface area contributed by atoms with Crippen molar-refractivity contribution >= 4 is 17.3 Å². The number of aliphatic hydroxyl groups excluding tert-OH is 1. The number of nitrogens with zero attached hydrogens (tertiary/aromatic N) is 8. The van der Waals surface area contributed by atoms with Crippen molar-refractivity contribution in [3.05, 3.63) is 72.2 Å². The van der Waals surface area contributed by atoms with Gasteiger partial charge < -0.3 is 14.9 Å². The number of rotatable bonds is 5. The standard InChI is InChI=1S/C28H27F2N9O/c29-18-3-4-22(30)20(15-18)23-2-1-10-38(23)24-8-13-39-28(33-24)21(16-32-39)27-34-26(35-36-27)17-5-9-31-25(14-17)37-11-6-19(40)7-12-37/h3-5,8-9,13-16,19,23,40H,1-2,6-7,10-12H2,(H,34,35,36)/t23-/m1/s1. The Morgan fingerprint density at radius 3 is 2.70 bits per heavy atom. The number of halogens is 2. The van der Waals surface area contributed by atoms with Crippen LogP contribution in [-0.2, 0) is 0 Å². The number of benzene rings is 1. The van der Waals surface area contributed by atoms with E-state index in [-0.39, 0.29) is 12.1 Å². The lowest BCUT2D eigenvalue weighted by Gasteiger charge is -2.30. The van der Waals surface area contributed by atoms with Gasteiger partial charge in [-0.3, -0.25) is 5.10 Å². The van der Waals surface area contributed by atoms with Crippen molar-refractivity contribution < 1.29 is 13.9 Å². The molecule has 1 atom stereocenters. The molecule has 0 spiro atoms. The molecule has 6 heterocycles. The van der Waals surface area contributed by atoms with E-state index in [1.165, 1.54) is 12.1 Å². The second-order valence-electron chi connectivity index (χ2n) is 10.3. The van der Waals surface area contributed by atoms with E-state index in [4.69, 9.17) is 9.97 Å². The van der Waals surface area contributed by atoms with Crippen LogP contribution in [0.4, 0.5) is 20.4 Å². The van der Waals surface area contributed by atoms with Crippen molar-refractivity contribution in [3.8, 4) is 22.8 Å². The number of hydrogen-bond acceptors (Lipinski definition) is 8. The number of pyridine rings is 1. The van der Waals surface area contributed by atoms with Crippen LogP contribution in [0.5, 0.6) is 0 Å². The van der Waals surface area contributed by atoms with Crippen molar-refractivity contribution in [2.24, 2.45) is 0 Å². The van der Waals surface area contributed by atoms with Gasteiger partial charge in [0.2, 0.25) is 0 Å². The predicted octanol–water partition coefficient (Wildman–Crippen LogP) is 4.16. The summed E-state index contributed by atoms with van der Waals surface area (Å²) < 4.78 is 30.2. The Labute approximate surface area is 228 Å². The number of anilines is 2. The highest BCUT2D eigenvalue weighted by atomic mass is 19.1. The van der Waals surface area contributed by atoms with Crippen LogP contribution in [0.15, 0.2) is 55.0 Å². The molecule has 2 saturated heterocycles. The highest BCUT2D eigenvalue weighted by Gasteiger charge is 2.30. The van der Waals surface area contributed by atoms with Crippen LogP contribution in [0, 0.1) is 11.6 Å². The molecule has 10 nitrogen and oxygen atoms in total. The van der Waals surface area contributed by atoms with Gasteiger partial charge in [0, 0.05) is 43.2 Å². The fraction of sp³-hybridized carbons (Fsp3) is 0.321. The number of hydrogen-bond donors (Lipinski definition) is 2. The molecule has 0 aliphatic carbocycles. The lowest BCUT2D eigenvalue weighted by molar-refractivity contribution is 0.145. The Kier molecular flexibility index (Phi) is 6.11. The van der Waals surface area contributed by atoms with Crippen LogP contribution >= 0.6 is 0 Å². The van der Waals surface area contributed by atoms with Crippen LogP contribution in [0.3, 0.4) is 0 Å². The smallest absolute Gasteiger partial charge is 0.181 e. The summed E-state index contributed by atoms with van der Waals surface area (Å²) in [6.45, 7) is 2.17. The molecule has 5 aromatic rings. The maximum Gasteiger partial charge on any atom is 0.181 e. The van der Waals surface area contributed by atoms with E-state index in [0.717, 1.165) is 49.8 Å². The molecule has 0 bridgehead atoms. The minimum Gasteiger partial charge on any atom is -0.393 e. The maximum atomic E-state index is 14.6. The molecule has 1 aromatic carbocycles. The van der Waals surface area contributed by atoms with Crippen molar-refractivity contribution in [1.82, 2.24) is 34.8 Å². The normalized spacial score (nSPS) is 18.2. The van der Waals surface area contributed by atoms with Crippen molar-refractivity contribution in [2.45, 2.75) is 37.8 Å². The van der Waals surface area contributed by atoms with Crippen LogP contribution in [0.1, 0.15) is 37.3 Å². The third kappa shape index (κ3) is 4.43. The topological polar surface area (TPSA) is 111 Å². The molecule has 2 aliphatic heterocycles. The molecular formula is C28H27F2N9O. The van der Waals surface area contributed by atoms with Crippen molar-refractivity contribution in [3.63, 3.8) is 0 Å². The molecule has 2 aliphatic rings. The predicted molar refractivity (Wildman–Crippen MR) is 145 cm³/mol. The molecule has 0 amide bonds. The van der Waals surface area contributed by atoms with Gasteiger partial charge in [-0.2, -0.15) is 10.2 Å². The SMILES string of the molecule is OC1CCN(c2cc(-c3n[nH]c(-c4cnn5ccc(N6CCC[C@@H]6c6cc(F)ccc6F)nc45)n3)ccn2)CC1. The van der Waals surface area contributed by atoms with Gasteiger partial charge in [-0.05, 0) is 62.1 Å². The zero-order chi connectivity index (χ0) is 27.2. The second-order valence-corrected chi connectivity index (χ2v) is 10.3. The third-order valence-corrected chi connectivity index (χ3v) is 7.75. The van der Waals surface area contributed by atoms with Crippen molar-refractivity contribution in [2.75, 3.05) is 29.4 Å². The molecule has 204 valence electrons.